The summed E-state index contributed by atoms with van der Waals surface area (Å²) in [5.41, 5.74) is 5.84. The Bertz CT molecular complexity index is 750. The van der Waals surface area contributed by atoms with Gasteiger partial charge in [-0.05, 0) is 24.3 Å². The normalized spacial score (nSPS) is 11.2. The topological polar surface area (TPSA) is 122 Å². The molecule has 0 unspecified atom stereocenters. The number of nitrogens with two attached hydrogens (primary N) is 1. The number of hydrogen-bond acceptors (Lipinski definition) is 7. The molecule has 1 aromatic carbocycles. The highest BCUT2D eigenvalue weighted by atomic mass is 32.2. The van der Waals surface area contributed by atoms with Crippen molar-refractivity contribution >= 4 is 37.9 Å². The highest BCUT2D eigenvalue weighted by Crippen LogP contribution is 2.35. The Hall–Kier alpha value is -2.13. The molecule has 0 radical (unpaired) electrons. The van der Waals surface area contributed by atoms with Gasteiger partial charge in [0.1, 0.15) is 0 Å². The van der Waals surface area contributed by atoms with Crippen LogP contribution in [0.1, 0.15) is 6.92 Å². The predicted molar refractivity (Wildman–Crippen MR) is 74.4 cm³/mol. The molecule has 0 aliphatic heterocycles. The lowest BCUT2D eigenvalue weighted by atomic mass is 10.3. The maximum atomic E-state index is 12.3. The van der Waals surface area contributed by atoms with E-state index in [2.05, 4.69) is 10.3 Å². The maximum Gasteiger partial charge on any atom is 0.243 e. The molecule has 106 valence electrons. The van der Waals surface area contributed by atoms with Crippen molar-refractivity contribution in [2.45, 2.75) is 16.0 Å². The van der Waals surface area contributed by atoms with Gasteiger partial charge in [-0.1, -0.05) is 11.3 Å². The van der Waals surface area contributed by atoms with Crippen LogP contribution in [0.2, 0.25) is 0 Å². The predicted octanol–water partition coefficient (Wildman–Crippen LogP) is 1.22. The summed E-state index contributed by atoms with van der Waals surface area (Å²) in [5, 5.41) is 12.0. The van der Waals surface area contributed by atoms with Gasteiger partial charge >= 0.3 is 0 Å². The number of thiazole rings is 1. The largest absolute Gasteiger partial charge is 0.492 e. The van der Waals surface area contributed by atoms with Crippen molar-refractivity contribution in [1.82, 2.24) is 4.98 Å². The molecule has 1 amide bonds. The number of carbonyl (C=O) groups excluding carboxylic acids is 1. The molecular weight excluding hydrogens is 302 g/mol. The summed E-state index contributed by atoms with van der Waals surface area (Å²) in [6, 6.07) is 5.57. The van der Waals surface area contributed by atoms with Gasteiger partial charge in [0.2, 0.25) is 21.6 Å². The fraction of sp³-hybridized carbons (Fsp3) is 0.0909. The Morgan fingerprint density at radius 1 is 1.35 bits per heavy atom. The molecule has 2 rings (SSSR count). The molecule has 0 fully saturated rings. The number of sulfone groups is 1. The van der Waals surface area contributed by atoms with Gasteiger partial charge in [0, 0.05) is 12.6 Å². The van der Waals surface area contributed by atoms with Crippen molar-refractivity contribution in [2.75, 3.05) is 11.1 Å². The van der Waals surface area contributed by atoms with Crippen LogP contribution in [0.3, 0.4) is 0 Å². The molecule has 9 heteroatoms. The van der Waals surface area contributed by atoms with Crippen molar-refractivity contribution < 1.29 is 18.3 Å². The van der Waals surface area contributed by atoms with Gasteiger partial charge in [0.25, 0.3) is 0 Å². The average Bonchev–Trinajstić information content (AvgIpc) is 2.69. The van der Waals surface area contributed by atoms with E-state index in [9.17, 15) is 18.3 Å². The average molecular weight is 313 g/mol. The third-order valence-corrected chi connectivity index (χ3v) is 5.47. The molecule has 0 aliphatic rings. The number of nitrogens with one attached hydrogen (secondary N) is 1. The number of anilines is 2. The number of nitrogen functional groups attached to an aromatic ring is 1. The highest BCUT2D eigenvalue weighted by molar-refractivity contribution is 7.93. The molecule has 0 bridgehead atoms. The second kappa shape index (κ2) is 5.10. The molecule has 1 aromatic heterocycles. The SMILES string of the molecule is CC(=O)Nc1ccc(S(=O)(=O)c2sc(N)nc2O)cc1. The Balaban J connectivity index is 2.40. The zero-order valence-corrected chi connectivity index (χ0v) is 12.0. The molecule has 7 nitrogen and oxygen atoms in total. The number of rotatable bonds is 3. The smallest absolute Gasteiger partial charge is 0.243 e. The molecule has 2 aromatic rings. The minimum Gasteiger partial charge on any atom is -0.492 e. The van der Waals surface area contributed by atoms with Crippen LogP contribution in [-0.4, -0.2) is 24.4 Å². The number of carbonyl (C=O) groups is 1. The van der Waals surface area contributed by atoms with Crippen molar-refractivity contribution in [3.63, 3.8) is 0 Å². The zero-order valence-electron chi connectivity index (χ0n) is 10.3. The number of hydrogen-bond donors (Lipinski definition) is 3. The Morgan fingerprint density at radius 3 is 2.40 bits per heavy atom. The summed E-state index contributed by atoms with van der Waals surface area (Å²) in [6.45, 7) is 1.35. The van der Waals surface area contributed by atoms with Crippen LogP contribution in [0.15, 0.2) is 33.4 Å². The Kier molecular flexibility index (Phi) is 3.64. The number of aromatic nitrogens is 1. The van der Waals surface area contributed by atoms with Gasteiger partial charge in [-0.2, -0.15) is 4.98 Å². The first-order valence-electron chi connectivity index (χ1n) is 5.38. The van der Waals surface area contributed by atoms with Crippen molar-refractivity contribution in [1.29, 1.82) is 0 Å². The first kappa shape index (κ1) is 14.3. The van der Waals surface area contributed by atoms with E-state index in [4.69, 9.17) is 5.73 Å². The second-order valence-corrected chi connectivity index (χ2v) is 7.05. The van der Waals surface area contributed by atoms with Crippen molar-refractivity contribution in [3.05, 3.63) is 24.3 Å². The Morgan fingerprint density at radius 2 is 1.95 bits per heavy atom. The van der Waals surface area contributed by atoms with E-state index < -0.39 is 15.7 Å². The highest BCUT2D eigenvalue weighted by Gasteiger charge is 2.25. The van der Waals surface area contributed by atoms with Crippen LogP contribution in [0.5, 0.6) is 5.88 Å². The van der Waals surface area contributed by atoms with Crippen LogP contribution in [0.25, 0.3) is 0 Å². The minimum absolute atomic E-state index is 0.0226. The van der Waals surface area contributed by atoms with Crippen LogP contribution in [0, 0.1) is 0 Å². The molecule has 20 heavy (non-hydrogen) atoms. The molecule has 0 saturated carbocycles. The van der Waals surface area contributed by atoms with Gasteiger partial charge in [-0.25, -0.2) is 8.42 Å². The maximum absolute atomic E-state index is 12.3. The van der Waals surface area contributed by atoms with Gasteiger partial charge in [0.05, 0.1) is 4.90 Å². The van der Waals surface area contributed by atoms with E-state index in [0.717, 1.165) is 0 Å². The Labute approximate surface area is 119 Å². The zero-order chi connectivity index (χ0) is 14.9. The summed E-state index contributed by atoms with van der Waals surface area (Å²) >= 11 is 0.690. The van der Waals surface area contributed by atoms with E-state index in [1.165, 1.54) is 31.2 Å². The van der Waals surface area contributed by atoms with Gasteiger partial charge < -0.3 is 16.2 Å². The summed E-state index contributed by atoms with van der Waals surface area (Å²) in [4.78, 5) is 14.3. The number of nitrogens with zero attached hydrogens (tertiary/aromatic N) is 1. The third-order valence-electron chi connectivity index (χ3n) is 2.32. The van der Waals surface area contributed by atoms with E-state index >= 15 is 0 Å². The second-order valence-electron chi connectivity index (χ2n) is 3.87. The van der Waals surface area contributed by atoms with E-state index in [0.29, 0.717) is 17.0 Å². The minimum atomic E-state index is -3.88. The molecule has 1 heterocycles. The van der Waals surface area contributed by atoms with Crippen molar-refractivity contribution in [2.24, 2.45) is 0 Å². The van der Waals surface area contributed by atoms with E-state index in [1.807, 2.05) is 0 Å². The lowest BCUT2D eigenvalue weighted by Gasteiger charge is -2.04. The standard InChI is InChI=1S/C11H11N3O4S2/c1-6(15)13-7-2-4-8(5-3-7)20(17,18)10-9(16)14-11(12)19-10/h2-5,16H,1H3,(H2,12,14)(H,13,15). The monoisotopic (exact) mass is 313 g/mol. The van der Waals surface area contributed by atoms with Crippen LogP contribution >= 0.6 is 11.3 Å². The lowest BCUT2D eigenvalue weighted by molar-refractivity contribution is -0.114. The van der Waals surface area contributed by atoms with Crippen molar-refractivity contribution in [3.8, 4) is 5.88 Å². The fourth-order valence-electron chi connectivity index (χ4n) is 1.52. The van der Waals surface area contributed by atoms with Crippen LogP contribution in [-0.2, 0) is 14.6 Å². The number of aromatic hydroxyl groups is 1. The summed E-state index contributed by atoms with van der Waals surface area (Å²) < 4.78 is 24.2. The molecular formula is C11H11N3O4S2. The van der Waals surface area contributed by atoms with Gasteiger partial charge in [0.15, 0.2) is 9.34 Å². The number of benzene rings is 1. The molecule has 4 N–H and O–H groups in total. The quantitative estimate of drug-likeness (QED) is 0.783. The molecule has 0 atom stereocenters. The van der Waals surface area contributed by atoms with E-state index in [1.54, 1.807) is 0 Å². The summed E-state index contributed by atoms with van der Waals surface area (Å²) in [7, 11) is -3.88. The van der Waals surface area contributed by atoms with Gasteiger partial charge in [-0.3, -0.25) is 4.79 Å². The molecule has 0 spiro atoms. The fourth-order valence-corrected chi connectivity index (χ4v) is 3.95. The van der Waals surface area contributed by atoms with Crippen LogP contribution in [0.4, 0.5) is 10.8 Å². The first-order valence-corrected chi connectivity index (χ1v) is 7.68. The third kappa shape index (κ3) is 2.73. The summed E-state index contributed by atoms with van der Waals surface area (Å²) in [6.07, 6.45) is 0. The number of amides is 1. The van der Waals surface area contributed by atoms with E-state index in [-0.39, 0.29) is 20.1 Å². The molecule has 0 saturated heterocycles. The van der Waals surface area contributed by atoms with Crippen LogP contribution < -0.4 is 11.1 Å². The van der Waals surface area contributed by atoms with Gasteiger partial charge in [-0.15, -0.1) is 0 Å². The summed E-state index contributed by atoms with van der Waals surface area (Å²) in [5.74, 6) is -0.869. The lowest BCUT2D eigenvalue weighted by Crippen LogP contribution is -2.06. The molecule has 0 aliphatic carbocycles. The first-order chi connectivity index (χ1) is 9.30.